The molecule has 0 aliphatic carbocycles. The number of hydrogen-bond acceptors (Lipinski definition) is 6. The normalized spacial score (nSPS) is 12.0. The van der Waals surface area contributed by atoms with Gasteiger partial charge in [-0.2, -0.15) is 0 Å². The molecule has 0 saturated carbocycles. The van der Waals surface area contributed by atoms with Crippen LogP contribution in [0.4, 0.5) is 5.82 Å². The second kappa shape index (κ2) is 10.3. The summed E-state index contributed by atoms with van der Waals surface area (Å²) in [7, 11) is 0. The number of anilines is 1. The molecule has 3 N–H and O–H groups in total. The molecule has 0 saturated heterocycles. The minimum absolute atomic E-state index is 0.0364. The zero-order valence-corrected chi connectivity index (χ0v) is 20.9. The molecule has 0 bridgehead atoms. The van der Waals surface area contributed by atoms with Crippen LogP contribution < -0.4 is 10.1 Å². The highest BCUT2D eigenvalue weighted by molar-refractivity contribution is 6.01. The van der Waals surface area contributed by atoms with Crippen LogP contribution in [0.5, 0.6) is 5.75 Å². The first-order chi connectivity index (χ1) is 15.9. The molecule has 34 heavy (non-hydrogen) atoms. The number of nitrogens with one attached hydrogen (secondary N) is 2. The topological polar surface area (TPSA) is 113 Å². The summed E-state index contributed by atoms with van der Waals surface area (Å²) >= 11 is 0. The highest BCUT2D eigenvalue weighted by Crippen LogP contribution is 2.29. The van der Waals surface area contributed by atoms with Crippen molar-refractivity contribution >= 4 is 11.7 Å². The van der Waals surface area contributed by atoms with Crippen molar-refractivity contribution in [3.05, 3.63) is 53.7 Å². The molecular formula is C26H35N5O3. The molecule has 2 heterocycles. The Morgan fingerprint density at radius 1 is 1.12 bits per heavy atom. The van der Waals surface area contributed by atoms with Gasteiger partial charge in [-0.1, -0.05) is 26.8 Å². The molecule has 0 atom stereocenters. The number of rotatable bonds is 9. The molecule has 3 rings (SSSR count). The number of aromatic nitrogens is 4. The van der Waals surface area contributed by atoms with Crippen LogP contribution in [0.15, 0.2) is 36.5 Å². The van der Waals surface area contributed by atoms with E-state index in [0.29, 0.717) is 31.1 Å². The van der Waals surface area contributed by atoms with Gasteiger partial charge < -0.3 is 20.1 Å². The van der Waals surface area contributed by atoms with Crippen LogP contribution in [0.25, 0.3) is 11.1 Å². The molecule has 0 spiro atoms. The molecule has 3 aromatic rings. The van der Waals surface area contributed by atoms with Crippen molar-refractivity contribution in [1.82, 2.24) is 20.2 Å². The zero-order valence-electron chi connectivity index (χ0n) is 20.9. The van der Waals surface area contributed by atoms with E-state index in [1.54, 1.807) is 20.0 Å². The fourth-order valence-corrected chi connectivity index (χ4v) is 3.52. The number of carbonyl (C=O) groups excluding carboxylic acids is 1. The van der Waals surface area contributed by atoms with Crippen molar-refractivity contribution in [1.29, 1.82) is 0 Å². The van der Waals surface area contributed by atoms with Crippen molar-refractivity contribution in [2.75, 3.05) is 11.9 Å². The fourth-order valence-electron chi connectivity index (χ4n) is 3.52. The highest BCUT2D eigenvalue weighted by atomic mass is 16.5. The third-order valence-electron chi connectivity index (χ3n) is 5.17. The summed E-state index contributed by atoms with van der Waals surface area (Å²) in [4.78, 5) is 19.9. The van der Waals surface area contributed by atoms with Gasteiger partial charge in [0.05, 0.1) is 12.2 Å². The quantitative estimate of drug-likeness (QED) is 0.386. The summed E-state index contributed by atoms with van der Waals surface area (Å²) in [6, 6.07) is 9.64. The van der Waals surface area contributed by atoms with Gasteiger partial charge in [-0.05, 0) is 80.0 Å². The summed E-state index contributed by atoms with van der Waals surface area (Å²) < 4.78 is 5.89. The molecular weight excluding hydrogens is 430 g/mol. The third kappa shape index (κ3) is 7.66. The van der Waals surface area contributed by atoms with Gasteiger partial charge in [-0.25, -0.2) is 4.98 Å². The summed E-state index contributed by atoms with van der Waals surface area (Å²) in [5, 5.41) is 20.7. The number of aryl methyl sites for hydroxylation is 1. The number of aromatic amines is 1. The number of nitrogens with zero attached hydrogens (tertiary/aromatic N) is 3. The Hall–Kier alpha value is -3.26. The lowest BCUT2D eigenvalue weighted by Gasteiger charge is -2.17. The van der Waals surface area contributed by atoms with Gasteiger partial charge in [0.1, 0.15) is 17.4 Å². The van der Waals surface area contributed by atoms with Gasteiger partial charge in [0.15, 0.2) is 0 Å². The fraction of sp³-hybridized carbons (Fsp3) is 0.462. The van der Waals surface area contributed by atoms with Gasteiger partial charge in [0.2, 0.25) is 5.82 Å². The largest absolute Gasteiger partial charge is 0.494 e. The summed E-state index contributed by atoms with van der Waals surface area (Å²) in [6.45, 7) is 12.4. The minimum Gasteiger partial charge on any atom is -0.494 e. The van der Waals surface area contributed by atoms with Crippen molar-refractivity contribution < 1.29 is 14.6 Å². The zero-order chi connectivity index (χ0) is 24.9. The molecule has 0 aliphatic rings. The molecule has 0 unspecified atom stereocenters. The average molecular weight is 466 g/mol. The van der Waals surface area contributed by atoms with E-state index in [2.05, 4.69) is 46.3 Å². The highest BCUT2D eigenvalue weighted by Gasteiger charge is 2.18. The number of aliphatic hydroxyl groups is 1. The first-order valence-electron chi connectivity index (χ1n) is 11.5. The van der Waals surface area contributed by atoms with Gasteiger partial charge >= 0.3 is 0 Å². The maximum Gasteiger partial charge on any atom is 0.294 e. The van der Waals surface area contributed by atoms with E-state index in [-0.39, 0.29) is 11.2 Å². The van der Waals surface area contributed by atoms with Gasteiger partial charge in [0, 0.05) is 12.6 Å². The molecule has 1 amide bonds. The van der Waals surface area contributed by atoms with Crippen LogP contribution in [0, 0.1) is 12.3 Å². The summed E-state index contributed by atoms with van der Waals surface area (Å²) in [5.41, 5.74) is 2.32. The molecule has 2 aromatic heterocycles. The summed E-state index contributed by atoms with van der Waals surface area (Å²) in [6.07, 6.45) is 3.78. The van der Waals surface area contributed by atoms with Crippen molar-refractivity contribution in [3.8, 4) is 16.9 Å². The van der Waals surface area contributed by atoms with E-state index < -0.39 is 11.5 Å². The van der Waals surface area contributed by atoms with Gasteiger partial charge in [-0.3, -0.25) is 4.79 Å². The number of benzene rings is 1. The predicted octanol–water partition coefficient (Wildman–Crippen LogP) is 4.95. The lowest BCUT2D eigenvalue weighted by Crippen LogP contribution is -2.19. The Balaban J connectivity index is 1.69. The van der Waals surface area contributed by atoms with Gasteiger partial charge in [-0.15, -0.1) is 10.2 Å². The van der Waals surface area contributed by atoms with E-state index in [0.717, 1.165) is 28.9 Å². The van der Waals surface area contributed by atoms with E-state index in [9.17, 15) is 9.90 Å². The maximum absolute atomic E-state index is 12.7. The van der Waals surface area contributed by atoms with Crippen LogP contribution in [-0.4, -0.2) is 43.4 Å². The van der Waals surface area contributed by atoms with E-state index in [1.807, 2.05) is 37.3 Å². The van der Waals surface area contributed by atoms with Crippen LogP contribution in [-0.2, 0) is 6.42 Å². The Kier molecular flexibility index (Phi) is 7.71. The van der Waals surface area contributed by atoms with Crippen molar-refractivity contribution in [3.63, 3.8) is 0 Å². The number of carbonyl (C=O) groups is 1. The summed E-state index contributed by atoms with van der Waals surface area (Å²) in [5.74, 6) is 1.62. The molecule has 0 radical (unpaired) electrons. The van der Waals surface area contributed by atoms with Crippen molar-refractivity contribution in [2.45, 2.75) is 66.4 Å². The van der Waals surface area contributed by atoms with Crippen molar-refractivity contribution in [2.24, 2.45) is 5.41 Å². The predicted molar refractivity (Wildman–Crippen MR) is 133 cm³/mol. The number of H-pyrrole nitrogens is 1. The number of hydrogen-bond donors (Lipinski definition) is 3. The number of pyridine rings is 1. The molecule has 0 aliphatic heterocycles. The molecule has 8 nitrogen and oxygen atoms in total. The van der Waals surface area contributed by atoms with E-state index >= 15 is 0 Å². The Morgan fingerprint density at radius 3 is 2.59 bits per heavy atom. The lowest BCUT2D eigenvalue weighted by molar-refractivity contribution is 0.0641. The number of ether oxygens (including phenoxy) is 1. The molecule has 0 fully saturated rings. The average Bonchev–Trinajstić information content (AvgIpc) is 3.18. The first-order valence-corrected chi connectivity index (χ1v) is 11.5. The minimum atomic E-state index is -0.695. The second-order valence-corrected chi connectivity index (χ2v) is 10.5. The smallest absolute Gasteiger partial charge is 0.294 e. The van der Waals surface area contributed by atoms with Crippen LogP contribution >= 0.6 is 0 Å². The SMILES string of the molecule is Cc1ccc(OCCCC(C)(C)O)cc1-c1ccnc(NC(=O)c2nnc(CC(C)(C)C)[nH]2)c1. The molecule has 8 heteroatoms. The standard InChI is InChI=1S/C26H35N5O3/c1-17-8-9-19(34-13-7-11-26(5,6)33)15-20(17)18-10-12-27-21(14-18)29-24(32)23-28-22(30-31-23)16-25(2,3)4/h8-10,12,14-15,33H,7,11,13,16H2,1-6H3,(H,27,29,32)(H,28,30,31). The second-order valence-electron chi connectivity index (χ2n) is 10.5. The van der Waals surface area contributed by atoms with Crippen LogP contribution in [0.2, 0.25) is 0 Å². The van der Waals surface area contributed by atoms with Crippen LogP contribution in [0.3, 0.4) is 0 Å². The monoisotopic (exact) mass is 465 g/mol. The van der Waals surface area contributed by atoms with Crippen LogP contribution in [0.1, 0.15) is 69.5 Å². The number of amides is 1. The molecule has 1 aromatic carbocycles. The Bertz CT molecular complexity index is 1130. The lowest BCUT2D eigenvalue weighted by atomic mass is 9.92. The first kappa shape index (κ1) is 25.4. The molecule has 182 valence electrons. The maximum atomic E-state index is 12.7. The Labute approximate surface area is 201 Å². The Morgan fingerprint density at radius 2 is 1.88 bits per heavy atom. The third-order valence-corrected chi connectivity index (χ3v) is 5.17. The van der Waals surface area contributed by atoms with E-state index in [1.165, 1.54) is 0 Å². The van der Waals surface area contributed by atoms with Gasteiger partial charge in [0.25, 0.3) is 5.91 Å². The van der Waals surface area contributed by atoms with E-state index in [4.69, 9.17) is 4.74 Å².